The van der Waals surface area contributed by atoms with Gasteiger partial charge in [0, 0.05) is 12.6 Å². The van der Waals surface area contributed by atoms with Gasteiger partial charge in [-0.05, 0) is 57.0 Å². The lowest BCUT2D eigenvalue weighted by atomic mass is 10.1. The Morgan fingerprint density at radius 3 is 2.65 bits per heavy atom. The van der Waals surface area contributed by atoms with Gasteiger partial charge in [-0.25, -0.2) is 0 Å². The van der Waals surface area contributed by atoms with Gasteiger partial charge in [0.2, 0.25) is 0 Å². The third kappa shape index (κ3) is 5.09. The summed E-state index contributed by atoms with van der Waals surface area (Å²) < 4.78 is 11.4. The molecule has 0 bridgehead atoms. The van der Waals surface area contributed by atoms with Crippen LogP contribution in [0, 0.1) is 0 Å². The molecule has 0 amide bonds. The summed E-state index contributed by atoms with van der Waals surface area (Å²) in [6, 6.07) is 11.2. The summed E-state index contributed by atoms with van der Waals surface area (Å²) in [5.41, 5.74) is 1.56. The molecule has 23 heavy (non-hydrogen) atoms. The van der Waals surface area contributed by atoms with Crippen LogP contribution in [0.2, 0.25) is 0 Å². The van der Waals surface area contributed by atoms with E-state index in [-0.39, 0.29) is 11.9 Å². The molecule has 0 aliphatic heterocycles. The molecule has 4 heteroatoms. The summed E-state index contributed by atoms with van der Waals surface area (Å²) in [6.45, 7) is 6.48. The highest BCUT2D eigenvalue weighted by atomic mass is 16.5. The summed E-state index contributed by atoms with van der Waals surface area (Å²) in [5.74, 6) is 1.51. The highest BCUT2D eigenvalue weighted by Gasteiger charge is 2.11. The number of pyridine rings is 1. The van der Waals surface area contributed by atoms with Crippen LogP contribution < -0.4 is 9.47 Å². The molecule has 0 unspecified atom stereocenters. The second-order valence-electron chi connectivity index (χ2n) is 5.52. The second kappa shape index (κ2) is 8.32. The van der Waals surface area contributed by atoms with Crippen molar-refractivity contribution in [3.8, 4) is 11.5 Å². The number of nitrogens with zero attached hydrogens (tertiary/aromatic N) is 1. The summed E-state index contributed by atoms with van der Waals surface area (Å²) >= 11 is 0. The standard InChI is InChI=1S/C19H23NO3/c1-4-22-19-13-15(9-11-18(19)23-14(2)3)8-10-17(21)16-7-5-6-12-20-16/h5-7,9,11-14H,4,8,10H2,1-3H3. The van der Waals surface area contributed by atoms with Crippen LogP contribution in [-0.2, 0) is 6.42 Å². The minimum atomic E-state index is 0.0473. The van der Waals surface area contributed by atoms with E-state index in [1.807, 2.05) is 45.0 Å². The number of carbonyl (C=O) groups excluding carboxylic acids is 1. The summed E-state index contributed by atoms with van der Waals surface area (Å²) in [6.07, 6.45) is 2.80. The van der Waals surface area contributed by atoms with E-state index < -0.39 is 0 Å². The minimum Gasteiger partial charge on any atom is -0.490 e. The largest absolute Gasteiger partial charge is 0.490 e. The zero-order valence-corrected chi connectivity index (χ0v) is 13.9. The number of benzene rings is 1. The smallest absolute Gasteiger partial charge is 0.181 e. The molecule has 1 aromatic carbocycles. The molecule has 0 aliphatic rings. The van der Waals surface area contributed by atoms with Gasteiger partial charge in [-0.1, -0.05) is 12.1 Å². The SMILES string of the molecule is CCOc1cc(CCC(=O)c2ccccn2)ccc1OC(C)C. The van der Waals surface area contributed by atoms with Crippen molar-refractivity contribution in [1.82, 2.24) is 4.98 Å². The number of Topliss-reactive ketones (excluding diaryl/α,β-unsaturated/α-hetero) is 1. The number of aromatic nitrogens is 1. The lowest BCUT2D eigenvalue weighted by molar-refractivity contribution is 0.0978. The van der Waals surface area contributed by atoms with E-state index >= 15 is 0 Å². The molecule has 0 spiro atoms. The van der Waals surface area contributed by atoms with Crippen molar-refractivity contribution in [2.45, 2.75) is 39.7 Å². The fourth-order valence-electron chi connectivity index (χ4n) is 2.24. The van der Waals surface area contributed by atoms with Gasteiger partial charge >= 0.3 is 0 Å². The molecule has 0 atom stereocenters. The lowest BCUT2D eigenvalue weighted by Crippen LogP contribution is -2.08. The van der Waals surface area contributed by atoms with Gasteiger partial charge in [0.05, 0.1) is 12.7 Å². The maximum absolute atomic E-state index is 12.1. The number of rotatable bonds is 8. The average molecular weight is 313 g/mol. The summed E-state index contributed by atoms with van der Waals surface area (Å²) in [4.78, 5) is 16.2. The van der Waals surface area contributed by atoms with E-state index in [9.17, 15) is 4.79 Å². The van der Waals surface area contributed by atoms with Crippen molar-refractivity contribution in [3.63, 3.8) is 0 Å². The predicted molar refractivity (Wildman–Crippen MR) is 90.3 cm³/mol. The van der Waals surface area contributed by atoms with Gasteiger partial charge in [0.1, 0.15) is 5.69 Å². The molecule has 0 radical (unpaired) electrons. The fraction of sp³-hybridized carbons (Fsp3) is 0.368. The summed E-state index contributed by atoms with van der Waals surface area (Å²) in [7, 11) is 0. The first kappa shape index (κ1) is 17.0. The minimum absolute atomic E-state index is 0.0473. The van der Waals surface area contributed by atoms with Gasteiger partial charge < -0.3 is 9.47 Å². The molecule has 2 rings (SSSR count). The molecule has 2 aromatic rings. The van der Waals surface area contributed by atoms with Crippen LogP contribution in [0.25, 0.3) is 0 Å². The van der Waals surface area contributed by atoms with Gasteiger partial charge in [0.25, 0.3) is 0 Å². The van der Waals surface area contributed by atoms with Crippen LogP contribution >= 0.6 is 0 Å². The Bertz CT molecular complexity index is 638. The molecular weight excluding hydrogens is 290 g/mol. The van der Waals surface area contributed by atoms with Gasteiger partial charge in [0.15, 0.2) is 17.3 Å². The van der Waals surface area contributed by atoms with Crippen molar-refractivity contribution in [2.75, 3.05) is 6.61 Å². The molecule has 4 nitrogen and oxygen atoms in total. The zero-order chi connectivity index (χ0) is 16.7. The number of ether oxygens (including phenoxy) is 2. The Labute approximate surface area is 137 Å². The maximum atomic E-state index is 12.1. The third-order valence-electron chi connectivity index (χ3n) is 3.26. The van der Waals surface area contributed by atoms with E-state index in [0.29, 0.717) is 25.1 Å². The highest BCUT2D eigenvalue weighted by Crippen LogP contribution is 2.30. The predicted octanol–water partition coefficient (Wildman–Crippen LogP) is 4.08. The van der Waals surface area contributed by atoms with Crippen LogP contribution in [0.4, 0.5) is 0 Å². The number of carbonyl (C=O) groups is 1. The number of hydrogen-bond donors (Lipinski definition) is 0. The molecule has 0 saturated carbocycles. The first-order chi connectivity index (χ1) is 11.1. The molecule has 0 aliphatic carbocycles. The molecule has 1 heterocycles. The van der Waals surface area contributed by atoms with E-state index in [1.165, 1.54) is 0 Å². The van der Waals surface area contributed by atoms with Crippen LogP contribution in [0.1, 0.15) is 43.2 Å². The normalized spacial score (nSPS) is 10.6. The monoisotopic (exact) mass is 313 g/mol. The van der Waals surface area contributed by atoms with E-state index in [0.717, 1.165) is 17.1 Å². The Kier molecular flexibility index (Phi) is 6.15. The number of ketones is 1. The Balaban J connectivity index is 2.05. The number of aryl methyl sites for hydroxylation is 1. The number of hydrogen-bond acceptors (Lipinski definition) is 4. The first-order valence-corrected chi connectivity index (χ1v) is 7.96. The lowest BCUT2D eigenvalue weighted by Gasteiger charge is -2.15. The van der Waals surface area contributed by atoms with E-state index in [2.05, 4.69) is 4.98 Å². The van der Waals surface area contributed by atoms with Crippen molar-refractivity contribution in [1.29, 1.82) is 0 Å². The van der Waals surface area contributed by atoms with Gasteiger partial charge in [-0.2, -0.15) is 0 Å². The van der Waals surface area contributed by atoms with Gasteiger partial charge in [-0.3, -0.25) is 9.78 Å². The molecule has 0 saturated heterocycles. The highest BCUT2D eigenvalue weighted by molar-refractivity contribution is 5.94. The second-order valence-corrected chi connectivity index (χ2v) is 5.52. The quantitative estimate of drug-likeness (QED) is 0.689. The Morgan fingerprint density at radius 2 is 2.00 bits per heavy atom. The molecule has 0 fully saturated rings. The first-order valence-electron chi connectivity index (χ1n) is 7.96. The molecule has 0 N–H and O–H groups in total. The van der Waals surface area contributed by atoms with Gasteiger partial charge in [-0.15, -0.1) is 0 Å². The van der Waals surface area contributed by atoms with Crippen molar-refractivity contribution >= 4 is 5.78 Å². The topological polar surface area (TPSA) is 48.4 Å². The maximum Gasteiger partial charge on any atom is 0.181 e. The Morgan fingerprint density at radius 1 is 1.17 bits per heavy atom. The van der Waals surface area contributed by atoms with Crippen LogP contribution in [-0.4, -0.2) is 23.5 Å². The molecule has 1 aromatic heterocycles. The third-order valence-corrected chi connectivity index (χ3v) is 3.26. The van der Waals surface area contributed by atoms with Crippen molar-refractivity contribution in [2.24, 2.45) is 0 Å². The van der Waals surface area contributed by atoms with E-state index in [4.69, 9.17) is 9.47 Å². The zero-order valence-electron chi connectivity index (χ0n) is 13.9. The van der Waals surface area contributed by atoms with Crippen LogP contribution in [0.5, 0.6) is 11.5 Å². The van der Waals surface area contributed by atoms with E-state index in [1.54, 1.807) is 18.3 Å². The van der Waals surface area contributed by atoms with Crippen molar-refractivity contribution in [3.05, 3.63) is 53.9 Å². The van der Waals surface area contributed by atoms with Crippen LogP contribution in [0.3, 0.4) is 0 Å². The fourth-order valence-corrected chi connectivity index (χ4v) is 2.24. The molecule has 122 valence electrons. The average Bonchev–Trinajstić information content (AvgIpc) is 2.55. The van der Waals surface area contributed by atoms with Crippen molar-refractivity contribution < 1.29 is 14.3 Å². The van der Waals surface area contributed by atoms with Crippen LogP contribution in [0.15, 0.2) is 42.6 Å². The Hall–Kier alpha value is -2.36. The summed E-state index contributed by atoms with van der Waals surface area (Å²) in [5, 5.41) is 0. The molecular formula is C19H23NO3.